The van der Waals surface area contributed by atoms with Crippen LogP contribution in [-0.4, -0.2) is 56.2 Å². The van der Waals surface area contributed by atoms with E-state index in [9.17, 15) is 4.79 Å². The average Bonchev–Trinajstić information content (AvgIpc) is 2.67. The van der Waals surface area contributed by atoms with Crippen LogP contribution in [-0.2, 0) is 0 Å². The fraction of sp³-hybridized carbons (Fsp3) is 0.400. The maximum atomic E-state index is 12.9. The molecular weight excluding hydrogens is 330 g/mol. The van der Waals surface area contributed by atoms with Crippen LogP contribution < -0.4 is 14.4 Å². The second-order valence-corrected chi connectivity index (χ2v) is 6.48. The molecule has 2 heterocycles. The Morgan fingerprint density at radius 2 is 1.65 bits per heavy atom. The highest BCUT2D eigenvalue weighted by atomic mass is 16.5. The molecule has 2 aromatic rings. The average molecular weight is 355 g/mol. The second-order valence-electron chi connectivity index (χ2n) is 6.48. The lowest BCUT2D eigenvalue weighted by atomic mass is 10.0. The van der Waals surface area contributed by atoms with E-state index in [1.807, 2.05) is 43.0 Å². The van der Waals surface area contributed by atoms with Gasteiger partial charge in [-0.15, -0.1) is 0 Å². The minimum Gasteiger partial charge on any atom is -0.497 e. The predicted octanol–water partition coefficient (Wildman–Crippen LogP) is 2.68. The number of carbonyl (C=O) groups excluding carboxylic acids is 1. The summed E-state index contributed by atoms with van der Waals surface area (Å²) in [6.07, 6.45) is 1.74. The predicted molar refractivity (Wildman–Crippen MR) is 101 cm³/mol. The number of rotatable bonds is 4. The Labute approximate surface area is 154 Å². The van der Waals surface area contributed by atoms with Gasteiger partial charge in [0, 0.05) is 44.0 Å². The lowest BCUT2D eigenvalue weighted by molar-refractivity contribution is 0.0746. The molecule has 0 saturated carbocycles. The first-order chi connectivity index (χ1) is 12.5. The summed E-state index contributed by atoms with van der Waals surface area (Å²) in [5, 5.41) is 0. The van der Waals surface area contributed by atoms with Gasteiger partial charge in [-0.2, -0.15) is 0 Å². The highest BCUT2D eigenvalue weighted by Gasteiger charge is 2.24. The van der Waals surface area contributed by atoms with Gasteiger partial charge >= 0.3 is 0 Å². The van der Waals surface area contributed by atoms with Gasteiger partial charge in [-0.1, -0.05) is 0 Å². The summed E-state index contributed by atoms with van der Waals surface area (Å²) in [7, 11) is 3.30. The number of nitrogens with zero attached hydrogens (tertiary/aromatic N) is 3. The Morgan fingerprint density at radius 3 is 2.23 bits per heavy atom. The zero-order valence-corrected chi connectivity index (χ0v) is 15.8. The SMILES string of the molecule is COc1ccnc(N2CCN(C(=O)c3cc(C)c(OC)c(C)c3)CC2)c1. The monoisotopic (exact) mass is 355 g/mol. The van der Waals surface area contributed by atoms with Crippen LogP contribution in [0.2, 0.25) is 0 Å². The maximum Gasteiger partial charge on any atom is 0.253 e. The number of benzene rings is 1. The van der Waals surface area contributed by atoms with E-state index in [0.717, 1.165) is 41.5 Å². The number of hydrogen-bond acceptors (Lipinski definition) is 5. The van der Waals surface area contributed by atoms with Gasteiger partial charge in [0.1, 0.15) is 17.3 Å². The van der Waals surface area contributed by atoms with Crippen molar-refractivity contribution in [3.05, 3.63) is 47.2 Å². The van der Waals surface area contributed by atoms with Crippen LogP contribution in [0.1, 0.15) is 21.5 Å². The summed E-state index contributed by atoms with van der Waals surface area (Å²) in [5.74, 6) is 2.58. The van der Waals surface area contributed by atoms with E-state index in [1.54, 1.807) is 20.4 Å². The molecule has 1 saturated heterocycles. The molecule has 0 unspecified atom stereocenters. The molecule has 6 nitrogen and oxygen atoms in total. The number of amides is 1. The van der Waals surface area contributed by atoms with Crippen LogP contribution in [0.15, 0.2) is 30.5 Å². The zero-order valence-electron chi connectivity index (χ0n) is 15.8. The maximum absolute atomic E-state index is 12.9. The topological polar surface area (TPSA) is 54.9 Å². The van der Waals surface area contributed by atoms with Crippen molar-refractivity contribution in [1.82, 2.24) is 9.88 Å². The van der Waals surface area contributed by atoms with Gasteiger partial charge in [0.25, 0.3) is 5.91 Å². The second kappa shape index (κ2) is 7.64. The van der Waals surface area contributed by atoms with Gasteiger partial charge in [-0.05, 0) is 43.2 Å². The highest BCUT2D eigenvalue weighted by Crippen LogP contribution is 2.25. The van der Waals surface area contributed by atoms with Crippen LogP contribution in [0.4, 0.5) is 5.82 Å². The van der Waals surface area contributed by atoms with E-state index in [1.165, 1.54) is 0 Å². The van der Waals surface area contributed by atoms with Crippen molar-refractivity contribution in [2.24, 2.45) is 0 Å². The molecule has 0 radical (unpaired) electrons. The standard InChI is InChI=1S/C20H25N3O3/c1-14-11-16(12-15(2)19(14)26-4)20(24)23-9-7-22(8-10-23)18-13-17(25-3)5-6-21-18/h5-6,11-13H,7-10H2,1-4H3. The van der Waals surface area contributed by atoms with Crippen molar-refractivity contribution < 1.29 is 14.3 Å². The van der Waals surface area contributed by atoms with Crippen molar-refractivity contribution in [2.45, 2.75) is 13.8 Å². The largest absolute Gasteiger partial charge is 0.497 e. The first-order valence-electron chi connectivity index (χ1n) is 8.73. The third-order valence-corrected chi connectivity index (χ3v) is 4.75. The van der Waals surface area contributed by atoms with Crippen molar-refractivity contribution in [3.63, 3.8) is 0 Å². The van der Waals surface area contributed by atoms with Gasteiger partial charge < -0.3 is 19.3 Å². The number of carbonyl (C=O) groups is 1. The smallest absolute Gasteiger partial charge is 0.253 e. The Kier molecular flexibility index (Phi) is 5.30. The Bertz CT molecular complexity index is 776. The minimum absolute atomic E-state index is 0.0668. The number of methoxy groups -OCH3 is 2. The van der Waals surface area contributed by atoms with Crippen molar-refractivity contribution in [3.8, 4) is 11.5 Å². The number of piperazine rings is 1. The van der Waals surface area contributed by atoms with Crippen LogP contribution in [0.3, 0.4) is 0 Å². The third-order valence-electron chi connectivity index (χ3n) is 4.75. The molecule has 0 bridgehead atoms. The number of anilines is 1. The van der Waals surface area contributed by atoms with Crippen LogP contribution in [0.25, 0.3) is 0 Å². The van der Waals surface area contributed by atoms with Crippen molar-refractivity contribution in [1.29, 1.82) is 0 Å². The van der Waals surface area contributed by atoms with E-state index >= 15 is 0 Å². The Morgan fingerprint density at radius 1 is 1.00 bits per heavy atom. The summed E-state index contributed by atoms with van der Waals surface area (Å²) in [5.41, 5.74) is 2.68. The van der Waals surface area contributed by atoms with Gasteiger partial charge in [0.2, 0.25) is 0 Å². The van der Waals surface area contributed by atoms with E-state index in [0.29, 0.717) is 18.7 Å². The number of aryl methyl sites for hydroxylation is 2. The quantitative estimate of drug-likeness (QED) is 0.844. The molecule has 0 aliphatic carbocycles. The molecule has 0 spiro atoms. The number of ether oxygens (including phenoxy) is 2. The molecule has 1 aromatic heterocycles. The number of pyridine rings is 1. The molecule has 1 amide bonds. The number of aromatic nitrogens is 1. The molecule has 3 rings (SSSR count). The molecule has 1 fully saturated rings. The first-order valence-corrected chi connectivity index (χ1v) is 8.73. The van der Waals surface area contributed by atoms with Crippen LogP contribution in [0.5, 0.6) is 11.5 Å². The molecule has 1 aliphatic heterocycles. The van der Waals surface area contributed by atoms with E-state index in [-0.39, 0.29) is 5.91 Å². The molecule has 0 N–H and O–H groups in total. The fourth-order valence-corrected chi connectivity index (χ4v) is 3.42. The molecular formula is C20H25N3O3. The Balaban J connectivity index is 1.69. The van der Waals surface area contributed by atoms with E-state index < -0.39 is 0 Å². The van der Waals surface area contributed by atoms with E-state index in [2.05, 4.69) is 9.88 Å². The normalized spacial score (nSPS) is 14.3. The van der Waals surface area contributed by atoms with Gasteiger partial charge in [0.05, 0.1) is 14.2 Å². The summed E-state index contributed by atoms with van der Waals surface area (Å²) in [6.45, 7) is 6.77. The zero-order chi connectivity index (χ0) is 18.7. The lowest BCUT2D eigenvalue weighted by Crippen LogP contribution is -2.49. The molecule has 6 heteroatoms. The van der Waals surface area contributed by atoms with Gasteiger partial charge in [-0.25, -0.2) is 4.98 Å². The van der Waals surface area contributed by atoms with Crippen molar-refractivity contribution >= 4 is 11.7 Å². The number of hydrogen-bond donors (Lipinski definition) is 0. The molecule has 0 atom stereocenters. The Hall–Kier alpha value is -2.76. The van der Waals surface area contributed by atoms with Crippen LogP contribution in [0, 0.1) is 13.8 Å². The first kappa shape index (κ1) is 18.0. The molecule has 138 valence electrons. The summed E-state index contributed by atoms with van der Waals surface area (Å²) >= 11 is 0. The van der Waals surface area contributed by atoms with Gasteiger partial charge in [-0.3, -0.25) is 4.79 Å². The van der Waals surface area contributed by atoms with E-state index in [4.69, 9.17) is 9.47 Å². The molecule has 1 aromatic carbocycles. The molecule has 1 aliphatic rings. The van der Waals surface area contributed by atoms with Crippen molar-refractivity contribution in [2.75, 3.05) is 45.3 Å². The van der Waals surface area contributed by atoms with Gasteiger partial charge in [0.15, 0.2) is 0 Å². The third kappa shape index (κ3) is 3.59. The summed E-state index contributed by atoms with van der Waals surface area (Å²) in [4.78, 5) is 21.4. The summed E-state index contributed by atoms with van der Waals surface area (Å²) < 4.78 is 10.7. The fourth-order valence-electron chi connectivity index (χ4n) is 3.42. The van der Waals surface area contributed by atoms with Crippen LogP contribution >= 0.6 is 0 Å². The lowest BCUT2D eigenvalue weighted by Gasteiger charge is -2.35. The molecule has 26 heavy (non-hydrogen) atoms. The summed E-state index contributed by atoms with van der Waals surface area (Å²) in [6, 6.07) is 7.57. The highest BCUT2D eigenvalue weighted by molar-refractivity contribution is 5.95. The minimum atomic E-state index is 0.0668.